The zero-order valence-electron chi connectivity index (χ0n) is 13.6. The second-order valence-electron chi connectivity index (χ2n) is 6.41. The number of aliphatic hydroxyl groups excluding tert-OH is 2. The summed E-state index contributed by atoms with van der Waals surface area (Å²) in [5, 5.41) is 26.0. The van der Waals surface area contributed by atoms with Crippen LogP contribution in [0.1, 0.15) is 38.9 Å². The van der Waals surface area contributed by atoms with Gasteiger partial charge in [-0.05, 0) is 55.7 Å². The molecule has 0 aliphatic rings. The van der Waals surface area contributed by atoms with Crippen molar-refractivity contribution in [3.8, 4) is 0 Å². The molecule has 1 amide bonds. The lowest BCUT2D eigenvalue weighted by atomic mass is 9.99. The Morgan fingerprint density at radius 2 is 2.04 bits per heavy atom. The molecule has 1 heterocycles. The van der Waals surface area contributed by atoms with Gasteiger partial charge in [-0.2, -0.15) is 0 Å². The first-order chi connectivity index (χ1) is 10.8. The molecule has 1 aromatic carbocycles. The molecule has 0 aliphatic carbocycles. The lowest BCUT2D eigenvalue weighted by Crippen LogP contribution is -2.34. The van der Waals surface area contributed by atoms with Gasteiger partial charge in [-0.1, -0.05) is 12.1 Å². The minimum Gasteiger partial charge on any atom is -0.444 e. The Balaban J connectivity index is 1.89. The first-order valence-electron chi connectivity index (χ1n) is 7.57. The van der Waals surface area contributed by atoms with Gasteiger partial charge in [-0.25, -0.2) is 4.79 Å². The number of fused-ring (bicyclic) bond motifs is 1. The lowest BCUT2D eigenvalue weighted by molar-refractivity contribution is 0.0131. The van der Waals surface area contributed by atoms with Crippen LogP contribution in [-0.4, -0.2) is 34.6 Å². The van der Waals surface area contributed by atoms with E-state index < -0.39 is 23.9 Å². The van der Waals surface area contributed by atoms with Gasteiger partial charge in [-0.3, -0.25) is 0 Å². The van der Waals surface area contributed by atoms with Crippen molar-refractivity contribution < 1.29 is 19.7 Å². The molecule has 2 aromatic rings. The summed E-state index contributed by atoms with van der Waals surface area (Å²) in [6.45, 7) is 5.58. The zero-order valence-corrected chi connectivity index (χ0v) is 14.4. The highest BCUT2D eigenvalue weighted by Gasteiger charge is 2.21. The molecular weight excluding hydrogens is 314 g/mol. The van der Waals surface area contributed by atoms with E-state index in [0.717, 1.165) is 10.1 Å². The van der Waals surface area contributed by atoms with Crippen molar-refractivity contribution in [2.24, 2.45) is 0 Å². The molecule has 2 unspecified atom stereocenters. The summed E-state index contributed by atoms with van der Waals surface area (Å²) < 4.78 is 6.19. The van der Waals surface area contributed by atoms with E-state index in [9.17, 15) is 15.0 Å². The van der Waals surface area contributed by atoms with Crippen LogP contribution in [0.4, 0.5) is 4.79 Å². The van der Waals surface area contributed by atoms with Gasteiger partial charge in [0.05, 0.1) is 6.10 Å². The SMILES string of the molecule is CC(C)(C)OC(=O)NCCC(O)C(O)c1cccc2sccc12. The maximum atomic E-state index is 11.5. The Bertz CT molecular complexity index is 662. The number of ether oxygens (including phenoxy) is 1. The fourth-order valence-electron chi connectivity index (χ4n) is 2.28. The van der Waals surface area contributed by atoms with Crippen LogP contribution in [0.25, 0.3) is 10.1 Å². The second-order valence-corrected chi connectivity index (χ2v) is 7.36. The predicted molar refractivity (Wildman–Crippen MR) is 91.6 cm³/mol. The average molecular weight is 337 g/mol. The van der Waals surface area contributed by atoms with E-state index in [-0.39, 0.29) is 13.0 Å². The topological polar surface area (TPSA) is 78.8 Å². The fourth-order valence-corrected chi connectivity index (χ4v) is 3.10. The molecule has 6 heteroatoms. The summed E-state index contributed by atoms with van der Waals surface area (Å²) in [7, 11) is 0. The molecule has 0 spiro atoms. The van der Waals surface area contributed by atoms with Crippen molar-refractivity contribution in [1.29, 1.82) is 0 Å². The number of alkyl carbamates (subject to hydrolysis) is 1. The van der Waals surface area contributed by atoms with Gasteiger partial charge in [0.2, 0.25) is 0 Å². The zero-order chi connectivity index (χ0) is 17.0. The van der Waals surface area contributed by atoms with Crippen molar-refractivity contribution in [2.75, 3.05) is 6.54 Å². The summed E-state index contributed by atoms with van der Waals surface area (Å²) in [6, 6.07) is 7.59. The highest BCUT2D eigenvalue weighted by Crippen LogP contribution is 2.30. The molecule has 126 valence electrons. The molecule has 5 nitrogen and oxygen atoms in total. The molecule has 0 radical (unpaired) electrons. The van der Waals surface area contributed by atoms with Gasteiger partial charge in [0.25, 0.3) is 0 Å². The summed E-state index contributed by atoms with van der Waals surface area (Å²) >= 11 is 1.59. The molecule has 0 saturated carbocycles. The number of carbonyl (C=O) groups excluding carboxylic acids is 1. The van der Waals surface area contributed by atoms with E-state index in [1.54, 1.807) is 32.1 Å². The lowest BCUT2D eigenvalue weighted by Gasteiger charge is -2.21. The van der Waals surface area contributed by atoms with Gasteiger partial charge >= 0.3 is 6.09 Å². The number of nitrogens with one attached hydrogen (secondary N) is 1. The van der Waals surface area contributed by atoms with Crippen molar-refractivity contribution >= 4 is 27.5 Å². The fraction of sp³-hybridized carbons (Fsp3) is 0.471. The van der Waals surface area contributed by atoms with Crippen LogP contribution in [0, 0.1) is 0 Å². The summed E-state index contributed by atoms with van der Waals surface area (Å²) in [5.41, 5.74) is 0.144. The number of aliphatic hydroxyl groups is 2. The molecule has 0 aliphatic heterocycles. The summed E-state index contributed by atoms with van der Waals surface area (Å²) in [5.74, 6) is 0. The standard InChI is InChI=1S/C17H23NO4S/c1-17(2,3)22-16(21)18-9-7-13(19)15(20)12-5-4-6-14-11(12)8-10-23-14/h4-6,8,10,13,15,19-20H,7,9H2,1-3H3,(H,18,21). The van der Waals surface area contributed by atoms with E-state index in [4.69, 9.17) is 4.74 Å². The number of rotatable bonds is 5. The van der Waals surface area contributed by atoms with Crippen LogP contribution >= 0.6 is 11.3 Å². The van der Waals surface area contributed by atoms with Gasteiger partial charge < -0.3 is 20.3 Å². The van der Waals surface area contributed by atoms with E-state index in [0.29, 0.717) is 5.56 Å². The molecule has 2 rings (SSSR count). The number of benzene rings is 1. The Kier molecular flexibility index (Phi) is 5.62. The summed E-state index contributed by atoms with van der Waals surface area (Å²) in [6.07, 6.45) is -2.25. The molecule has 2 atom stereocenters. The van der Waals surface area contributed by atoms with Crippen molar-refractivity contribution in [2.45, 2.75) is 45.0 Å². The number of amides is 1. The summed E-state index contributed by atoms with van der Waals surface area (Å²) in [4.78, 5) is 11.5. The quantitative estimate of drug-likeness (QED) is 0.783. The average Bonchev–Trinajstić information content (AvgIpc) is 2.92. The molecule has 0 saturated heterocycles. The Morgan fingerprint density at radius 3 is 2.74 bits per heavy atom. The Labute approximate surface area is 139 Å². The second kappa shape index (κ2) is 7.29. The molecule has 0 fully saturated rings. The maximum Gasteiger partial charge on any atom is 0.407 e. The van der Waals surface area contributed by atoms with Gasteiger partial charge in [-0.15, -0.1) is 11.3 Å². The highest BCUT2D eigenvalue weighted by atomic mass is 32.1. The first kappa shape index (κ1) is 17.7. The third-order valence-electron chi connectivity index (χ3n) is 3.32. The van der Waals surface area contributed by atoms with E-state index in [2.05, 4.69) is 5.32 Å². The molecule has 23 heavy (non-hydrogen) atoms. The van der Waals surface area contributed by atoms with Crippen molar-refractivity contribution in [3.05, 3.63) is 35.2 Å². The third kappa shape index (κ3) is 4.92. The van der Waals surface area contributed by atoms with Crippen LogP contribution in [0.5, 0.6) is 0 Å². The minimum absolute atomic E-state index is 0.229. The maximum absolute atomic E-state index is 11.5. The highest BCUT2D eigenvalue weighted by molar-refractivity contribution is 7.17. The van der Waals surface area contributed by atoms with E-state index in [1.807, 2.05) is 29.6 Å². The largest absolute Gasteiger partial charge is 0.444 e. The van der Waals surface area contributed by atoms with Crippen LogP contribution < -0.4 is 5.32 Å². The number of hydrogen-bond acceptors (Lipinski definition) is 5. The molecule has 3 N–H and O–H groups in total. The van der Waals surface area contributed by atoms with E-state index >= 15 is 0 Å². The smallest absolute Gasteiger partial charge is 0.407 e. The third-order valence-corrected chi connectivity index (χ3v) is 4.20. The van der Waals surface area contributed by atoms with Gasteiger partial charge in [0, 0.05) is 11.2 Å². The van der Waals surface area contributed by atoms with Crippen LogP contribution in [0.15, 0.2) is 29.6 Å². The van der Waals surface area contributed by atoms with Gasteiger partial charge in [0.15, 0.2) is 0 Å². The predicted octanol–water partition coefficient (Wildman–Crippen LogP) is 3.21. The monoisotopic (exact) mass is 337 g/mol. The number of hydrogen-bond donors (Lipinski definition) is 3. The van der Waals surface area contributed by atoms with Gasteiger partial charge in [0.1, 0.15) is 11.7 Å². The molecular formula is C17H23NO4S. The van der Waals surface area contributed by atoms with Crippen LogP contribution in [0.3, 0.4) is 0 Å². The number of carbonyl (C=O) groups is 1. The molecule has 1 aromatic heterocycles. The minimum atomic E-state index is -0.992. The van der Waals surface area contributed by atoms with Crippen molar-refractivity contribution in [3.63, 3.8) is 0 Å². The van der Waals surface area contributed by atoms with Crippen molar-refractivity contribution in [1.82, 2.24) is 5.32 Å². The van der Waals surface area contributed by atoms with Crippen LogP contribution in [-0.2, 0) is 4.74 Å². The molecule has 0 bridgehead atoms. The first-order valence-corrected chi connectivity index (χ1v) is 8.45. The van der Waals surface area contributed by atoms with Crippen LogP contribution in [0.2, 0.25) is 0 Å². The normalized spacial score (nSPS) is 14.5. The Hall–Kier alpha value is -1.63. The number of thiophene rings is 1. The Morgan fingerprint density at radius 1 is 1.30 bits per heavy atom. The van der Waals surface area contributed by atoms with E-state index in [1.165, 1.54) is 0 Å².